The van der Waals surface area contributed by atoms with Gasteiger partial charge in [-0.3, -0.25) is 0 Å². The number of aromatic nitrogens is 2. The number of aromatic carboxylic acids is 1. The first-order valence-corrected chi connectivity index (χ1v) is 4.88. The van der Waals surface area contributed by atoms with Crippen molar-refractivity contribution in [3.8, 4) is 5.88 Å². The van der Waals surface area contributed by atoms with E-state index in [0.717, 1.165) is 0 Å². The summed E-state index contributed by atoms with van der Waals surface area (Å²) in [5.41, 5.74) is 1.14. The van der Waals surface area contributed by atoms with Gasteiger partial charge in [-0.25, -0.2) is 4.79 Å². The molecule has 1 heterocycles. The number of rotatable bonds is 5. The Kier molecular flexibility index (Phi) is 4.19. The topological polar surface area (TPSA) is 92.5 Å². The molecule has 6 heteroatoms. The van der Waals surface area contributed by atoms with Crippen LogP contribution in [0.15, 0.2) is 0 Å². The van der Waals surface area contributed by atoms with Crippen LogP contribution in [-0.2, 0) is 0 Å². The second-order valence-corrected chi connectivity index (χ2v) is 3.32. The van der Waals surface area contributed by atoms with Crippen molar-refractivity contribution in [2.75, 3.05) is 13.2 Å². The molecule has 0 saturated heterocycles. The minimum Gasteiger partial charge on any atom is -0.477 e. The van der Waals surface area contributed by atoms with E-state index in [1.54, 1.807) is 13.8 Å². The number of aliphatic hydroxyl groups is 1. The van der Waals surface area contributed by atoms with Crippen molar-refractivity contribution < 1.29 is 19.7 Å². The van der Waals surface area contributed by atoms with E-state index in [-0.39, 0.29) is 24.7 Å². The lowest BCUT2D eigenvalue weighted by Crippen LogP contribution is -2.11. The van der Waals surface area contributed by atoms with E-state index in [1.165, 1.54) is 0 Å². The maximum Gasteiger partial charge on any atom is 0.341 e. The molecule has 0 atom stereocenters. The number of ether oxygens (including phenoxy) is 1. The summed E-state index contributed by atoms with van der Waals surface area (Å²) in [4.78, 5) is 11.0. The van der Waals surface area contributed by atoms with E-state index in [2.05, 4.69) is 10.2 Å². The minimum absolute atomic E-state index is 0.00375. The minimum atomic E-state index is -1.09. The highest BCUT2D eigenvalue weighted by Gasteiger charge is 2.18. The average Bonchev–Trinajstić information content (AvgIpc) is 2.23. The van der Waals surface area contributed by atoms with Crippen LogP contribution < -0.4 is 4.74 Å². The number of aliphatic hydroxyl groups excluding tert-OH is 1. The van der Waals surface area contributed by atoms with Gasteiger partial charge in [-0.15, -0.1) is 5.10 Å². The first kappa shape index (κ1) is 12.4. The van der Waals surface area contributed by atoms with E-state index in [1.807, 2.05) is 0 Å². The van der Waals surface area contributed by atoms with Crippen LogP contribution in [0.2, 0.25) is 0 Å². The zero-order valence-electron chi connectivity index (χ0n) is 9.23. The normalized spacial score (nSPS) is 10.2. The molecule has 6 nitrogen and oxygen atoms in total. The fraction of sp³-hybridized carbons (Fsp3) is 0.500. The van der Waals surface area contributed by atoms with Crippen LogP contribution in [0.5, 0.6) is 5.88 Å². The van der Waals surface area contributed by atoms with Crippen LogP contribution >= 0.6 is 0 Å². The molecule has 0 aromatic carbocycles. The lowest BCUT2D eigenvalue weighted by atomic mass is 10.1. The van der Waals surface area contributed by atoms with E-state index in [0.29, 0.717) is 17.7 Å². The fourth-order valence-corrected chi connectivity index (χ4v) is 1.17. The predicted molar refractivity (Wildman–Crippen MR) is 55.7 cm³/mol. The van der Waals surface area contributed by atoms with Gasteiger partial charge in [0.05, 0.1) is 12.3 Å². The molecule has 1 aromatic heterocycles. The largest absolute Gasteiger partial charge is 0.477 e. The zero-order chi connectivity index (χ0) is 12.1. The highest BCUT2D eigenvalue weighted by atomic mass is 16.5. The number of carbonyl (C=O) groups is 1. The van der Waals surface area contributed by atoms with Gasteiger partial charge in [-0.1, -0.05) is 0 Å². The molecule has 0 radical (unpaired) electrons. The number of hydrogen-bond acceptors (Lipinski definition) is 5. The second kappa shape index (κ2) is 5.41. The van der Waals surface area contributed by atoms with Gasteiger partial charge in [0.25, 0.3) is 0 Å². The second-order valence-electron chi connectivity index (χ2n) is 3.32. The Balaban J connectivity index is 2.99. The predicted octanol–water partition coefficient (Wildman–Crippen LogP) is 0.553. The van der Waals surface area contributed by atoms with Crippen LogP contribution in [0.4, 0.5) is 0 Å². The maximum atomic E-state index is 11.0. The molecule has 0 spiro atoms. The van der Waals surface area contributed by atoms with Gasteiger partial charge in [0.15, 0.2) is 0 Å². The fourth-order valence-electron chi connectivity index (χ4n) is 1.17. The van der Waals surface area contributed by atoms with Crippen LogP contribution in [0.25, 0.3) is 0 Å². The molecule has 0 bridgehead atoms. The molecular weight excluding hydrogens is 212 g/mol. The number of aryl methyl sites for hydroxylation is 1. The molecule has 2 N–H and O–H groups in total. The Morgan fingerprint density at radius 1 is 1.38 bits per heavy atom. The van der Waals surface area contributed by atoms with Crippen LogP contribution in [0.1, 0.15) is 28.0 Å². The highest BCUT2D eigenvalue weighted by Crippen LogP contribution is 2.20. The van der Waals surface area contributed by atoms with Crippen molar-refractivity contribution in [2.45, 2.75) is 20.3 Å². The van der Waals surface area contributed by atoms with Gasteiger partial charge in [0.2, 0.25) is 5.88 Å². The highest BCUT2D eigenvalue weighted by molar-refractivity contribution is 5.91. The third-order valence-electron chi connectivity index (χ3n) is 2.18. The zero-order valence-corrected chi connectivity index (χ0v) is 9.23. The Morgan fingerprint density at radius 2 is 2.06 bits per heavy atom. The summed E-state index contributed by atoms with van der Waals surface area (Å²) in [6.07, 6.45) is 0.424. The van der Waals surface area contributed by atoms with Crippen molar-refractivity contribution in [1.29, 1.82) is 0 Å². The number of hydrogen-bond donors (Lipinski definition) is 2. The van der Waals surface area contributed by atoms with Gasteiger partial charge < -0.3 is 14.9 Å². The molecule has 0 aliphatic heterocycles. The summed E-state index contributed by atoms with van der Waals surface area (Å²) >= 11 is 0. The monoisotopic (exact) mass is 226 g/mol. The van der Waals surface area contributed by atoms with E-state index in [9.17, 15) is 4.79 Å². The Morgan fingerprint density at radius 3 is 2.62 bits per heavy atom. The molecule has 1 aromatic rings. The summed E-state index contributed by atoms with van der Waals surface area (Å²) in [6, 6.07) is 0. The molecule has 0 aliphatic rings. The first-order chi connectivity index (χ1) is 7.57. The molecule has 0 amide bonds. The Hall–Kier alpha value is -1.69. The van der Waals surface area contributed by atoms with Gasteiger partial charge in [0.1, 0.15) is 5.56 Å². The Labute approximate surface area is 92.9 Å². The molecular formula is C10H14N2O4. The van der Waals surface area contributed by atoms with E-state index >= 15 is 0 Å². The third kappa shape index (κ3) is 2.66. The van der Waals surface area contributed by atoms with Gasteiger partial charge in [-0.2, -0.15) is 5.10 Å². The quantitative estimate of drug-likeness (QED) is 0.712. The van der Waals surface area contributed by atoms with Gasteiger partial charge >= 0.3 is 5.97 Å². The van der Waals surface area contributed by atoms with Crippen molar-refractivity contribution in [3.05, 3.63) is 16.8 Å². The van der Waals surface area contributed by atoms with E-state index < -0.39 is 5.97 Å². The summed E-state index contributed by atoms with van der Waals surface area (Å²) in [5.74, 6) is -1.08. The van der Waals surface area contributed by atoms with Crippen molar-refractivity contribution in [1.82, 2.24) is 10.2 Å². The third-order valence-corrected chi connectivity index (χ3v) is 2.18. The summed E-state index contributed by atoms with van der Waals surface area (Å²) < 4.78 is 5.16. The molecule has 88 valence electrons. The molecule has 0 aliphatic carbocycles. The lowest BCUT2D eigenvalue weighted by Gasteiger charge is -2.09. The number of carboxylic acids is 1. The first-order valence-electron chi connectivity index (χ1n) is 4.88. The molecule has 1 rings (SSSR count). The number of nitrogens with zero attached hydrogens (tertiary/aromatic N) is 2. The van der Waals surface area contributed by atoms with Crippen LogP contribution in [-0.4, -0.2) is 39.6 Å². The smallest absolute Gasteiger partial charge is 0.341 e. The summed E-state index contributed by atoms with van der Waals surface area (Å²) in [6.45, 7) is 3.55. The maximum absolute atomic E-state index is 11.0. The number of carboxylic acid groups (broad SMARTS) is 1. The average molecular weight is 226 g/mol. The summed E-state index contributed by atoms with van der Waals surface area (Å²) in [7, 11) is 0. The van der Waals surface area contributed by atoms with E-state index in [4.69, 9.17) is 14.9 Å². The summed E-state index contributed by atoms with van der Waals surface area (Å²) in [5, 5.41) is 25.1. The SMILES string of the molecule is Cc1nnc(OCCCO)c(C(=O)O)c1C. The standard InChI is InChI=1S/C10H14N2O4/c1-6-7(2)11-12-9(8(6)10(14)15)16-5-3-4-13/h13H,3-5H2,1-2H3,(H,14,15). The lowest BCUT2D eigenvalue weighted by molar-refractivity contribution is 0.0689. The molecule has 0 unspecified atom stereocenters. The van der Waals surface area contributed by atoms with Crippen molar-refractivity contribution in [3.63, 3.8) is 0 Å². The van der Waals surface area contributed by atoms with Crippen molar-refractivity contribution >= 4 is 5.97 Å². The van der Waals surface area contributed by atoms with Gasteiger partial charge in [0, 0.05) is 13.0 Å². The molecule has 16 heavy (non-hydrogen) atoms. The molecule has 0 saturated carbocycles. The van der Waals surface area contributed by atoms with Gasteiger partial charge in [-0.05, 0) is 19.4 Å². The van der Waals surface area contributed by atoms with Crippen LogP contribution in [0, 0.1) is 13.8 Å². The molecule has 0 fully saturated rings. The Bertz CT molecular complexity index is 393. The van der Waals surface area contributed by atoms with Crippen molar-refractivity contribution in [2.24, 2.45) is 0 Å². The van der Waals surface area contributed by atoms with Crippen LogP contribution in [0.3, 0.4) is 0 Å².